The first kappa shape index (κ1) is 26.6. The van der Waals surface area contributed by atoms with Gasteiger partial charge in [-0.05, 0) is 55.5 Å². The SMILES string of the molecule is CCC(CO)CCNc1nc(NCC2=CC(OC)=CC(OC)=CC2)nc(C)c1-c1nc2ccccc2s1. The highest BCUT2D eigenvalue weighted by Crippen LogP contribution is 2.36. The van der Waals surface area contributed by atoms with E-state index in [2.05, 4.69) is 23.6 Å². The third kappa shape index (κ3) is 6.67. The Bertz CT molecular complexity index is 1280. The van der Waals surface area contributed by atoms with Crippen LogP contribution in [0.5, 0.6) is 0 Å². The number of thiazole rings is 1. The maximum Gasteiger partial charge on any atom is 0.225 e. The molecule has 0 radical (unpaired) electrons. The Morgan fingerprint density at radius 1 is 1.05 bits per heavy atom. The zero-order chi connectivity index (χ0) is 26.2. The van der Waals surface area contributed by atoms with Gasteiger partial charge in [0.15, 0.2) is 0 Å². The molecule has 0 saturated heterocycles. The maximum absolute atomic E-state index is 9.61. The average Bonchev–Trinajstić information content (AvgIpc) is 3.22. The highest BCUT2D eigenvalue weighted by atomic mass is 32.1. The average molecular weight is 522 g/mol. The molecule has 0 saturated carbocycles. The van der Waals surface area contributed by atoms with Gasteiger partial charge in [0, 0.05) is 25.8 Å². The van der Waals surface area contributed by atoms with Crippen LogP contribution in [0.1, 0.15) is 31.9 Å². The van der Waals surface area contributed by atoms with Crippen molar-refractivity contribution in [2.75, 3.05) is 44.5 Å². The van der Waals surface area contributed by atoms with Crippen LogP contribution in [0.3, 0.4) is 0 Å². The first-order valence-electron chi connectivity index (χ1n) is 12.6. The fourth-order valence-electron chi connectivity index (χ4n) is 4.14. The van der Waals surface area contributed by atoms with E-state index in [4.69, 9.17) is 24.4 Å². The van der Waals surface area contributed by atoms with Gasteiger partial charge < -0.3 is 25.2 Å². The van der Waals surface area contributed by atoms with Crippen molar-refractivity contribution in [3.05, 3.63) is 65.3 Å². The van der Waals surface area contributed by atoms with Gasteiger partial charge in [0.05, 0.1) is 35.7 Å². The van der Waals surface area contributed by atoms with Gasteiger partial charge in [0.25, 0.3) is 0 Å². The van der Waals surface area contributed by atoms with Crippen LogP contribution in [0.2, 0.25) is 0 Å². The predicted octanol–water partition coefficient (Wildman–Crippen LogP) is 5.68. The van der Waals surface area contributed by atoms with E-state index >= 15 is 0 Å². The Hall–Kier alpha value is -3.43. The van der Waals surface area contributed by atoms with Gasteiger partial charge in [-0.25, -0.2) is 9.97 Å². The summed E-state index contributed by atoms with van der Waals surface area (Å²) in [5, 5.41) is 17.4. The topological polar surface area (TPSA) is 101 Å². The van der Waals surface area contributed by atoms with E-state index in [9.17, 15) is 5.11 Å². The largest absolute Gasteiger partial charge is 0.497 e. The highest BCUT2D eigenvalue weighted by Gasteiger charge is 2.18. The Morgan fingerprint density at radius 2 is 1.86 bits per heavy atom. The lowest BCUT2D eigenvalue weighted by atomic mass is 10.0. The number of nitrogens with zero attached hydrogens (tertiary/aromatic N) is 3. The van der Waals surface area contributed by atoms with Crippen LogP contribution in [0.15, 0.2) is 59.6 Å². The first-order chi connectivity index (χ1) is 18.0. The van der Waals surface area contributed by atoms with Gasteiger partial charge in [-0.2, -0.15) is 4.98 Å². The van der Waals surface area contributed by atoms with Crippen LogP contribution in [0.25, 0.3) is 20.8 Å². The zero-order valence-electron chi connectivity index (χ0n) is 21.9. The number of fused-ring (bicyclic) bond motifs is 1. The van der Waals surface area contributed by atoms with Crippen LogP contribution in [0, 0.1) is 12.8 Å². The van der Waals surface area contributed by atoms with Crippen LogP contribution < -0.4 is 10.6 Å². The van der Waals surface area contributed by atoms with Crippen LogP contribution >= 0.6 is 11.3 Å². The summed E-state index contributed by atoms with van der Waals surface area (Å²) in [6.07, 6.45) is 8.43. The smallest absolute Gasteiger partial charge is 0.225 e. The second-order valence-electron chi connectivity index (χ2n) is 8.94. The lowest BCUT2D eigenvalue weighted by molar-refractivity contribution is 0.217. The summed E-state index contributed by atoms with van der Waals surface area (Å²) in [4.78, 5) is 14.5. The number of rotatable bonds is 12. The minimum atomic E-state index is 0.185. The fourth-order valence-corrected chi connectivity index (χ4v) is 5.21. The lowest BCUT2D eigenvalue weighted by Crippen LogP contribution is -2.15. The summed E-state index contributed by atoms with van der Waals surface area (Å²) >= 11 is 1.64. The Kier molecular flexibility index (Phi) is 9.14. The number of ether oxygens (including phenoxy) is 2. The Labute approximate surface area is 222 Å². The number of aliphatic hydroxyl groups excluding tert-OH is 1. The van der Waals surface area contributed by atoms with Gasteiger partial charge in [-0.15, -0.1) is 11.3 Å². The number of para-hydroxylation sites is 1. The number of hydrogen-bond acceptors (Lipinski definition) is 9. The summed E-state index contributed by atoms with van der Waals surface area (Å²) in [6.45, 7) is 5.54. The van der Waals surface area contributed by atoms with Crippen molar-refractivity contribution in [3.8, 4) is 10.6 Å². The molecule has 4 rings (SSSR count). The fraction of sp³-hybridized carbons (Fsp3) is 0.393. The van der Waals surface area contributed by atoms with Crippen molar-refractivity contribution < 1.29 is 14.6 Å². The molecule has 0 spiro atoms. The van der Waals surface area contributed by atoms with Crippen LogP contribution in [-0.2, 0) is 9.47 Å². The standard InChI is InChI=1S/C28H35N5O3S/c1-5-19(17-34)12-13-29-26-25(27-32-23-8-6-7-9-24(23)37-27)18(2)31-28(33-26)30-16-20-10-11-21(35-3)15-22(14-20)36-4/h6-9,11,14-15,19,34H,5,10,12-13,16-17H2,1-4H3,(H2,29,30,31,33). The molecule has 8 nitrogen and oxygen atoms in total. The van der Waals surface area contributed by atoms with Crippen LogP contribution in [0.4, 0.5) is 11.8 Å². The molecule has 1 aliphatic carbocycles. The maximum atomic E-state index is 9.61. The van der Waals surface area contributed by atoms with E-state index in [1.807, 2.05) is 43.4 Å². The van der Waals surface area contributed by atoms with Crippen molar-refractivity contribution in [1.82, 2.24) is 15.0 Å². The molecule has 2 heterocycles. The molecule has 9 heteroatoms. The molecule has 1 unspecified atom stereocenters. The van der Waals surface area contributed by atoms with E-state index in [1.54, 1.807) is 25.6 Å². The van der Waals surface area contributed by atoms with Crippen LogP contribution in [-0.4, -0.2) is 54.0 Å². The third-order valence-corrected chi connectivity index (χ3v) is 7.47. The lowest BCUT2D eigenvalue weighted by Gasteiger charge is -2.16. The van der Waals surface area contributed by atoms with E-state index in [0.29, 0.717) is 19.0 Å². The summed E-state index contributed by atoms with van der Waals surface area (Å²) in [6, 6.07) is 8.12. The number of hydrogen-bond donors (Lipinski definition) is 3. The van der Waals surface area contributed by atoms with Gasteiger partial charge in [-0.3, -0.25) is 0 Å². The number of allylic oxidation sites excluding steroid dienone is 3. The van der Waals surface area contributed by atoms with Gasteiger partial charge in [0.1, 0.15) is 22.3 Å². The van der Waals surface area contributed by atoms with Crippen molar-refractivity contribution in [2.45, 2.75) is 33.1 Å². The number of aromatic nitrogens is 3. The molecule has 1 aliphatic rings. The Balaban J connectivity index is 1.60. The zero-order valence-corrected chi connectivity index (χ0v) is 22.7. The quantitative estimate of drug-likeness (QED) is 0.280. The molecule has 3 N–H and O–H groups in total. The molecule has 3 aromatic rings. The second kappa shape index (κ2) is 12.7. The molecule has 0 aliphatic heterocycles. The van der Waals surface area contributed by atoms with E-state index in [1.165, 1.54) is 0 Å². The number of aliphatic hydroxyl groups is 1. The molecule has 196 valence electrons. The van der Waals surface area contributed by atoms with E-state index in [-0.39, 0.29) is 12.5 Å². The molecule has 1 atom stereocenters. The van der Waals surface area contributed by atoms with Gasteiger partial charge in [0.2, 0.25) is 5.95 Å². The molecular weight excluding hydrogens is 486 g/mol. The molecule has 0 bridgehead atoms. The van der Waals surface area contributed by atoms with E-state index in [0.717, 1.165) is 68.7 Å². The summed E-state index contributed by atoms with van der Waals surface area (Å²) in [7, 11) is 3.30. The number of methoxy groups -OCH3 is 2. The minimum absolute atomic E-state index is 0.185. The number of anilines is 2. The normalized spacial score (nSPS) is 14.4. The minimum Gasteiger partial charge on any atom is -0.497 e. The number of aryl methyl sites for hydroxylation is 1. The Morgan fingerprint density at radius 3 is 2.59 bits per heavy atom. The monoisotopic (exact) mass is 521 g/mol. The van der Waals surface area contributed by atoms with Crippen molar-refractivity contribution in [3.63, 3.8) is 0 Å². The number of nitrogens with one attached hydrogen (secondary N) is 2. The molecule has 37 heavy (non-hydrogen) atoms. The molecule has 0 amide bonds. The second-order valence-corrected chi connectivity index (χ2v) is 9.97. The summed E-state index contributed by atoms with van der Waals surface area (Å²) < 4.78 is 12.0. The number of benzene rings is 1. The summed E-state index contributed by atoms with van der Waals surface area (Å²) in [5.74, 6) is 3.06. The van der Waals surface area contributed by atoms with Crippen molar-refractivity contribution in [2.24, 2.45) is 5.92 Å². The van der Waals surface area contributed by atoms with Gasteiger partial charge in [-0.1, -0.05) is 25.5 Å². The molecule has 2 aromatic heterocycles. The predicted molar refractivity (Wildman–Crippen MR) is 151 cm³/mol. The molecule has 0 fully saturated rings. The third-order valence-electron chi connectivity index (χ3n) is 6.42. The summed E-state index contributed by atoms with van der Waals surface area (Å²) in [5.41, 5.74) is 3.85. The van der Waals surface area contributed by atoms with E-state index < -0.39 is 0 Å². The molecular formula is C28H35N5O3S. The first-order valence-corrected chi connectivity index (χ1v) is 13.4. The molecule has 1 aromatic carbocycles. The van der Waals surface area contributed by atoms with Gasteiger partial charge >= 0.3 is 0 Å². The van der Waals surface area contributed by atoms with Crippen molar-refractivity contribution in [1.29, 1.82) is 0 Å². The van der Waals surface area contributed by atoms with Crippen molar-refractivity contribution >= 4 is 33.3 Å². The highest BCUT2D eigenvalue weighted by molar-refractivity contribution is 7.21.